The van der Waals surface area contributed by atoms with Gasteiger partial charge < -0.3 is 19.1 Å². The molecule has 1 fully saturated rings. The van der Waals surface area contributed by atoms with Gasteiger partial charge in [-0.3, -0.25) is 4.79 Å². The van der Waals surface area contributed by atoms with Gasteiger partial charge in [0.2, 0.25) is 0 Å². The average Bonchev–Trinajstić information content (AvgIpc) is 2.86. The van der Waals surface area contributed by atoms with E-state index in [9.17, 15) is 4.79 Å². The van der Waals surface area contributed by atoms with Gasteiger partial charge in [0.15, 0.2) is 0 Å². The Kier molecular flexibility index (Phi) is 3.96. The normalized spacial score (nSPS) is 18.7. The molecule has 1 saturated heterocycles. The number of anilines is 1. The molecule has 0 atom stereocenters. The van der Waals surface area contributed by atoms with Gasteiger partial charge in [-0.05, 0) is 24.6 Å². The smallest absolute Gasteiger partial charge is 0.292 e. The SMILES string of the molecule is O=C1N(CCOc2ccccc2)c2ccccc2C12OCCCO2. The first-order chi connectivity index (χ1) is 11.8. The molecule has 0 aliphatic carbocycles. The summed E-state index contributed by atoms with van der Waals surface area (Å²) in [5.74, 6) is -0.654. The molecule has 2 aliphatic rings. The van der Waals surface area contributed by atoms with Crippen molar-refractivity contribution in [3.05, 3.63) is 60.2 Å². The third-order valence-electron chi connectivity index (χ3n) is 4.30. The van der Waals surface area contributed by atoms with Crippen molar-refractivity contribution in [1.29, 1.82) is 0 Å². The van der Waals surface area contributed by atoms with E-state index in [1.807, 2.05) is 54.6 Å². The number of carbonyl (C=O) groups excluding carboxylic acids is 1. The standard InChI is InChI=1S/C19H19NO4/c21-18-19(23-12-6-13-24-19)16-9-4-5-10-17(16)20(18)11-14-22-15-7-2-1-3-8-15/h1-5,7-10H,6,11-14H2. The van der Waals surface area contributed by atoms with Crippen molar-refractivity contribution in [3.8, 4) is 5.75 Å². The predicted octanol–water partition coefficient (Wildman–Crippen LogP) is 2.70. The van der Waals surface area contributed by atoms with Gasteiger partial charge in [-0.2, -0.15) is 0 Å². The summed E-state index contributed by atoms with van der Waals surface area (Å²) >= 11 is 0. The number of carbonyl (C=O) groups is 1. The van der Waals surface area contributed by atoms with Crippen LogP contribution in [0.4, 0.5) is 5.69 Å². The van der Waals surface area contributed by atoms with Crippen molar-refractivity contribution >= 4 is 11.6 Å². The minimum atomic E-state index is -1.28. The molecular formula is C19H19NO4. The Morgan fingerprint density at radius 1 is 1.00 bits per heavy atom. The fourth-order valence-corrected chi connectivity index (χ4v) is 3.19. The van der Waals surface area contributed by atoms with Crippen LogP contribution in [0.25, 0.3) is 0 Å². The van der Waals surface area contributed by atoms with Crippen LogP contribution < -0.4 is 9.64 Å². The van der Waals surface area contributed by atoms with E-state index in [4.69, 9.17) is 14.2 Å². The van der Waals surface area contributed by atoms with Crippen molar-refractivity contribution in [2.75, 3.05) is 31.3 Å². The zero-order valence-corrected chi connectivity index (χ0v) is 13.3. The molecule has 1 amide bonds. The molecule has 0 unspecified atom stereocenters. The quantitative estimate of drug-likeness (QED) is 0.867. The maximum absolute atomic E-state index is 13.0. The van der Waals surface area contributed by atoms with Gasteiger partial charge in [0.1, 0.15) is 12.4 Å². The van der Waals surface area contributed by atoms with Crippen molar-refractivity contribution in [1.82, 2.24) is 0 Å². The van der Waals surface area contributed by atoms with Crippen LogP contribution in [-0.4, -0.2) is 32.3 Å². The number of para-hydroxylation sites is 2. The van der Waals surface area contributed by atoms with Crippen molar-refractivity contribution < 1.29 is 19.0 Å². The molecule has 0 saturated carbocycles. The van der Waals surface area contributed by atoms with E-state index in [1.165, 1.54) is 0 Å². The fraction of sp³-hybridized carbons (Fsp3) is 0.316. The Balaban J connectivity index is 1.54. The highest BCUT2D eigenvalue weighted by molar-refractivity contribution is 6.06. The minimum absolute atomic E-state index is 0.167. The molecule has 5 heteroatoms. The first-order valence-electron chi connectivity index (χ1n) is 8.18. The van der Waals surface area contributed by atoms with Gasteiger partial charge in [0, 0.05) is 5.56 Å². The van der Waals surface area contributed by atoms with E-state index < -0.39 is 5.79 Å². The third-order valence-corrected chi connectivity index (χ3v) is 4.30. The summed E-state index contributed by atoms with van der Waals surface area (Å²) in [4.78, 5) is 14.7. The summed E-state index contributed by atoms with van der Waals surface area (Å²) in [7, 11) is 0. The van der Waals surface area contributed by atoms with Crippen LogP contribution in [0.2, 0.25) is 0 Å². The number of benzene rings is 2. The highest BCUT2D eigenvalue weighted by Crippen LogP contribution is 2.44. The van der Waals surface area contributed by atoms with E-state index in [1.54, 1.807) is 4.90 Å². The van der Waals surface area contributed by atoms with Crippen LogP contribution in [0.1, 0.15) is 12.0 Å². The Bertz CT molecular complexity index is 725. The second-order valence-electron chi connectivity index (χ2n) is 5.80. The maximum Gasteiger partial charge on any atom is 0.292 e. The van der Waals surface area contributed by atoms with E-state index in [0.29, 0.717) is 26.4 Å². The zero-order valence-electron chi connectivity index (χ0n) is 13.3. The highest BCUT2D eigenvalue weighted by Gasteiger charge is 2.54. The molecule has 124 valence electrons. The number of nitrogens with zero attached hydrogens (tertiary/aromatic N) is 1. The maximum atomic E-state index is 13.0. The molecule has 24 heavy (non-hydrogen) atoms. The molecular weight excluding hydrogens is 306 g/mol. The van der Waals surface area contributed by atoms with Crippen LogP contribution >= 0.6 is 0 Å². The second-order valence-corrected chi connectivity index (χ2v) is 5.80. The monoisotopic (exact) mass is 325 g/mol. The van der Waals surface area contributed by atoms with Crippen molar-refractivity contribution in [3.63, 3.8) is 0 Å². The summed E-state index contributed by atoms with van der Waals surface area (Å²) in [6.45, 7) is 1.89. The minimum Gasteiger partial charge on any atom is -0.492 e. The van der Waals surface area contributed by atoms with Gasteiger partial charge in [0.05, 0.1) is 25.4 Å². The van der Waals surface area contributed by atoms with Crippen molar-refractivity contribution in [2.45, 2.75) is 12.2 Å². The summed E-state index contributed by atoms with van der Waals surface area (Å²) in [6, 6.07) is 17.2. The topological polar surface area (TPSA) is 48.0 Å². The number of hydrogen-bond donors (Lipinski definition) is 0. The lowest BCUT2D eigenvalue weighted by Gasteiger charge is -2.32. The van der Waals surface area contributed by atoms with E-state index in [0.717, 1.165) is 23.4 Å². The molecule has 2 heterocycles. The summed E-state index contributed by atoms with van der Waals surface area (Å²) in [6.07, 6.45) is 0.800. The molecule has 2 aromatic rings. The Hall–Kier alpha value is -2.37. The Morgan fingerprint density at radius 3 is 2.50 bits per heavy atom. The van der Waals surface area contributed by atoms with E-state index in [2.05, 4.69) is 0 Å². The molecule has 2 aromatic carbocycles. The molecule has 5 nitrogen and oxygen atoms in total. The summed E-state index contributed by atoms with van der Waals surface area (Å²) in [5, 5.41) is 0. The average molecular weight is 325 g/mol. The van der Waals surface area contributed by atoms with Crippen LogP contribution in [0.5, 0.6) is 5.75 Å². The Labute approximate surface area is 140 Å². The van der Waals surface area contributed by atoms with E-state index >= 15 is 0 Å². The molecule has 0 aromatic heterocycles. The summed E-state index contributed by atoms with van der Waals surface area (Å²) < 4.78 is 17.3. The molecule has 0 N–H and O–H groups in total. The number of hydrogen-bond acceptors (Lipinski definition) is 4. The predicted molar refractivity (Wildman–Crippen MR) is 88.9 cm³/mol. The number of amides is 1. The van der Waals surface area contributed by atoms with Gasteiger partial charge in [-0.15, -0.1) is 0 Å². The van der Waals surface area contributed by atoms with Crippen LogP contribution in [0, 0.1) is 0 Å². The van der Waals surface area contributed by atoms with Crippen LogP contribution in [0.15, 0.2) is 54.6 Å². The first kappa shape index (κ1) is 15.2. The van der Waals surface area contributed by atoms with Crippen molar-refractivity contribution in [2.24, 2.45) is 0 Å². The third kappa shape index (κ3) is 2.46. The first-order valence-corrected chi connectivity index (χ1v) is 8.18. The van der Waals surface area contributed by atoms with Gasteiger partial charge >= 0.3 is 0 Å². The highest BCUT2D eigenvalue weighted by atomic mass is 16.7. The summed E-state index contributed by atoms with van der Waals surface area (Å²) in [5.41, 5.74) is 1.62. The molecule has 0 radical (unpaired) electrons. The Morgan fingerprint density at radius 2 is 1.71 bits per heavy atom. The fourth-order valence-electron chi connectivity index (χ4n) is 3.19. The van der Waals surface area contributed by atoms with Gasteiger partial charge in [-0.25, -0.2) is 0 Å². The number of ether oxygens (including phenoxy) is 3. The van der Waals surface area contributed by atoms with Crippen LogP contribution in [0.3, 0.4) is 0 Å². The molecule has 2 aliphatic heterocycles. The zero-order chi connectivity index (χ0) is 16.4. The largest absolute Gasteiger partial charge is 0.492 e. The van der Waals surface area contributed by atoms with Gasteiger partial charge in [-0.1, -0.05) is 36.4 Å². The molecule has 1 spiro atoms. The van der Waals surface area contributed by atoms with E-state index in [-0.39, 0.29) is 5.91 Å². The number of rotatable bonds is 4. The lowest BCUT2D eigenvalue weighted by atomic mass is 10.1. The lowest BCUT2D eigenvalue weighted by molar-refractivity contribution is -0.256. The van der Waals surface area contributed by atoms with Gasteiger partial charge in [0.25, 0.3) is 11.7 Å². The second kappa shape index (κ2) is 6.26. The molecule has 0 bridgehead atoms. The molecule has 4 rings (SSSR count). The number of fused-ring (bicyclic) bond motifs is 2. The van der Waals surface area contributed by atoms with Crippen LogP contribution in [-0.2, 0) is 20.1 Å². The lowest BCUT2D eigenvalue weighted by Crippen LogP contribution is -2.48.